The summed E-state index contributed by atoms with van der Waals surface area (Å²) >= 11 is 0. The topological polar surface area (TPSA) is 67.3 Å². The normalized spacial score (nSPS) is 28.5. The SMILES string of the molecule is COC1CCC(C(=O)N[C@@H]2CCCc3nc(N4CCCCC4)ncc32)CC1. The fraction of sp³-hybridized carbons (Fsp3) is 0.762. The Kier molecular flexibility index (Phi) is 5.91. The molecular weight excluding hydrogens is 340 g/mol. The second kappa shape index (κ2) is 8.55. The maximum Gasteiger partial charge on any atom is 0.225 e. The van der Waals surface area contributed by atoms with Gasteiger partial charge in [0.15, 0.2) is 0 Å². The molecule has 6 heteroatoms. The van der Waals surface area contributed by atoms with Gasteiger partial charge in [-0.1, -0.05) is 0 Å². The average molecular weight is 373 g/mol. The molecule has 1 saturated carbocycles. The number of amides is 1. The van der Waals surface area contributed by atoms with Crippen LogP contribution >= 0.6 is 0 Å². The lowest BCUT2D eigenvalue weighted by Crippen LogP contribution is -2.38. The number of ether oxygens (including phenoxy) is 1. The number of anilines is 1. The summed E-state index contributed by atoms with van der Waals surface area (Å²) in [5.74, 6) is 1.19. The Labute approximate surface area is 162 Å². The van der Waals surface area contributed by atoms with Crippen LogP contribution in [-0.4, -0.2) is 42.2 Å². The fourth-order valence-corrected chi connectivity index (χ4v) is 4.78. The Hall–Kier alpha value is -1.69. The average Bonchev–Trinajstić information content (AvgIpc) is 2.74. The molecule has 27 heavy (non-hydrogen) atoms. The summed E-state index contributed by atoms with van der Waals surface area (Å²) in [6.07, 6.45) is 12.9. The van der Waals surface area contributed by atoms with Crippen molar-refractivity contribution in [1.82, 2.24) is 15.3 Å². The van der Waals surface area contributed by atoms with Crippen LogP contribution in [0.25, 0.3) is 0 Å². The summed E-state index contributed by atoms with van der Waals surface area (Å²) in [4.78, 5) is 24.6. The number of nitrogens with one attached hydrogen (secondary N) is 1. The minimum absolute atomic E-state index is 0.0665. The van der Waals surface area contributed by atoms with E-state index in [1.165, 1.54) is 19.3 Å². The molecule has 1 saturated heterocycles. The van der Waals surface area contributed by atoms with Crippen LogP contribution in [0, 0.1) is 5.92 Å². The maximum absolute atomic E-state index is 12.8. The van der Waals surface area contributed by atoms with E-state index in [0.29, 0.717) is 6.10 Å². The van der Waals surface area contributed by atoms with Gasteiger partial charge in [-0.3, -0.25) is 4.79 Å². The van der Waals surface area contributed by atoms with Crippen molar-refractivity contribution in [3.8, 4) is 0 Å². The highest BCUT2D eigenvalue weighted by Gasteiger charge is 2.30. The molecule has 1 amide bonds. The first-order valence-corrected chi connectivity index (χ1v) is 10.7. The van der Waals surface area contributed by atoms with Crippen LogP contribution in [0.5, 0.6) is 0 Å². The molecule has 2 aliphatic carbocycles. The molecule has 148 valence electrons. The largest absolute Gasteiger partial charge is 0.381 e. The van der Waals surface area contributed by atoms with Crippen LogP contribution in [-0.2, 0) is 16.0 Å². The molecule has 1 aromatic rings. The maximum atomic E-state index is 12.8. The lowest BCUT2D eigenvalue weighted by atomic mass is 9.85. The highest BCUT2D eigenvalue weighted by Crippen LogP contribution is 2.32. The van der Waals surface area contributed by atoms with Gasteiger partial charge in [-0.2, -0.15) is 0 Å². The Bertz CT molecular complexity index is 652. The zero-order chi connectivity index (χ0) is 18.6. The first-order valence-electron chi connectivity index (χ1n) is 10.7. The van der Waals surface area contributed by atoms with Crippen LogP contribution in [0.2, 0.25) is 0 Å². The number of fused-ring (bicyclic) bond motifs is 1. The number of aromatic nitrogens is 2. The summed E-state index contributed by atoms with van der Waals surface area (Å²) in [5.41, 5.74) is 2.26. The number of hydrogen-bond donors (Lipinski definition) is 1. The van der Waals surface area contributed by atoms with E-state index in [-0.39, 0.29) is 17.9 Å². The van der Waals surface area contributed by atoms with E-state index in [1.807, 2.05) is 6.20 Å². The molecule has 4 rings (SSSR count). The number of hydrogen-bond acceptors (Lipinski definition) is 5. The minimum Gasteiger partial charge on any atom is -0.381 e. The predicted molar refractivity (Wildman–Crippen MR) is 105 cm³/mol. The molecule has 0 radical (unpaired) electrons. The van der Waals surface area contributed by atoms with Gasteiger partial charge in [0.25, 0.3) is 0 Å². The van der Waals surface area contributed by atoms with Crippen LogP contribution < -0.4 is 10.2 Å². The van der Waals surface area contributed by atoms with Gasteiger partial charge in [-0.15, -0.1) is 0 Å². The molecule has 2 fully saturated rings. The van der Waals surface area contributed by atoms with Crippen molar-refractivity contribution in [2.24, 2.45) is 5.92 Å². The monoisotopic (exact) mass is 372 g/mol. The van der Waals surface area contributed by atoms with Gasteiger partial charge in [0.05, 0.1) is 17.8 Å². The van der Waals surface area contributed by atoms with E-state index >= 15 is 0 Å². The molecule has 3 aliphatic rings. The molecule has 1 N–H and O–H groups in total. The number of nitrogens with zero attached hydrogens (tertiary/aromatic N) is 3. The molecule has 1 aromatic heterocycles. The summed E-state index contributed by atoms with van der Waals surface area (Å²) in [6.45, 7) is 2.12. The van der Waals surface area contributed by atoms with Crippen molar-refractivity contribution in [2.75, 3.05) is 25.1 Å². The first-order chi connectivity index (χ1) is 13.2. The van der Waals surface area contributed by atoms with Gasteiger partial charge < -0.3 is 15.0 Å². The standard InChI is InChI=1S/C21H32N4O2/c1-27-16-10-8-15(9-11-16)20(26)23-18-6-5-7-19-17(18)14-22-21(24-19)25-12-3-2-4-13-25/h14-16,18H,2-13H2,1H3,(H,23,26)/t15?,16?,18-/m1/s1. The second-order valence-electron chi connectivity index (χ2n) is 8.28. The van der Waals surface area contributed by atoms with Crippen molar-refractivity contribution >= 4 is 11.9 Å². The Balaban J connectivity index is 1.41. The Morgan fingerprint density at radius 3 is 2.63 bits per heavy atom. The molecule has 1 atom stereocenters. The third-order valence-corrected chi connectivity index (χ3v) is 6.50. The van der Waals surface area contributed by atoms with Crippen LogP contribution in [0.1, 0.15) is 75.1 Å². The number of carbonyl (C=O) groups is 1. The van der Waals surface area contributed by atoms with Crippen molar-refractivity contribution in [3.63, 3.8) is 0 Å². The van der Waals surface area contributed by atoms with E-state index in [4.69, 9.17) is 9.72 Å². The Morgan fingerprint density at radius 1 is 1.11 bits per heavy atom. The van der Waals surface area contributed by atoms with Gasteiger partial charge in [0, 0.05) is 37.9 Å². The smallest absolute Gasteiger partial charge is 0.225 e. The number of piperidine rings is 1. The van der Waals surface area contributed by atoms with Gasteiger partial charge in [0.2, 0.25) is 11.9 Å². The molecule has 0 spiro atoms. The van der Waals surface area contributed by atoms with Crippen molar-refractivity contribution in [2.45, 2.75) is 76.4 Å². The van der Waals surface area contributed by atoms with Crippen LogP contribution in [0.15, 0.2) is 6.20 Å². The van der Waals surface area contributed by atoms with Crippen LogP contribution in [0.4, 0.5) is 5.95 Å². The van der Waals surface area contributed by atoms with E-state index in [2.05, 4.69) is 15.2 Å². The number of rotatable bonds is 4. The van der Waals surface area contributed by atoms with E-state index in [0.717, 1.165) is 75.2 Å². The fourth-order valence-electron chi connectivity index (χ4n) is 4.78. The molecule has 1 aliphatic heterocycles. The minimum atomic E-state index is 0.0665. The summed E-state index contributed by atoms with van der Waals surface area (Å²) < 4.78 is 5.42. The molecule has 0 bridgehead atoms. The Morgan fingerprint density at radius 2 is 1.89 bits per heavy atom. The summed E-state index contributed by atoms with van der Waals surface area (Å²) in [5, 5.41) is 3.30. The highest BCUT2D eigenvalue weighted by atomic mass is 16.5. The zero-order valence-electron chi connectivity index (χ0n) is 16.5. The zero-order valence-corrected chi connectivity index (χ0v) is 16.5. The second-order valence-corrected chi connectivity index (χ2v) is 8.28. The lowest BCUT2D eigenvalue weighted by molar-refractivity contribution is -0.127. The molecule has 0 aromatic carbocycles. The highest BCUT2D eigenvalue weighted by molar-refractivity contribution is 5.79. The number of aryl methyl sites for hydroxylation is 1. The predicted octanol–water partition coefficient (Wildman–Crippen LogP) is 3.17. The number of methoxy groups -OCH3 is 1. The third kappa shape index (κ3) is 4.26. The third-order valence-electron chi connectivity index (χ3n) is 6.50. The lowest BCUT2D eigenvalue weighted by Gasteiger charge is -2.31. The first kappa shape index (κ1) is 18.7. The van der Waals surface area contributed by atoms with Crippen molar-refractivity contribution in [3.05, 3.63) is 17.5 Å². The summed E-state index contributed by atoms with van der Waals surface area (Å²) in [6, 6.07) is 0.0665. The molecule has 0 unspecified atom stereocenters. The van der Waals surface area contributed by atoms with Crippen LogP contribution in [0.3, 0.4) is 0 Å². The number of carbonyl (C=O) groups excluding carboxylic acids is 1. The van der Waals surface area contributed by atoms with Gasteiger partial charge in [-0.05, 0) is 64.2 Å². The van der Waals surface area contributed by atoms with Gasteiger partial charge in [-0.25, -0.2) is 9.97 Å². The molecular formula is C21H32N4O2. The van der Waals surface area contributed by atoms with Gasteiger partial charge in [0.1, 0.15) is 0 Å². The van der Waals surface area contributed by atoms with Crippen molar-refractivity contribution in [1.29, 1.82) is 0 Å². The van der Waals surface area contributed by atoms with E-state index < -0.39 is 0 Å². The molecule has 6 nitrogen and oxygen atoms in total. The summed E-state index contributed by atoms with van der Waals surface area (Å²) in [7, 11) is 1.77. The quantitative estimate of drug-likeness (QED) is 0.879. The van der Waals surface area contributed by atoms with E-state index in [1.54, 1.807) is 7.11 Å². The molecule has 2 heterocycles. The van der Waals surface area contributed by atoms with Crippen molar-refractivity contribution < 1.29 is 9.53 Å². The van der Waals surface area contributed by atoms with E-state index in [9.17, 15) is 4.79 Å². The van der Waals surface area contributed by atoms with Gasteiger partial charge >= 0.3 is 0 Å².